The molecular formula is C9H12N2O6. The van der Waals surface area contributed by atoms with Crippen molar-refractivity contribution in [1.82, 2.24) is 9.55 Å². The van der Waals surface area contributed by atoms with Crippen molar-refractivity contribution in [3.05, 3.63) is 22.4 Å². The second-order valence-electron chi connectivity index (χ2n) is 3.80. The third-order valence-electron chi connectivity index (χ3n) is 2.67. The second kappa shape index (κ2) is 4.32. The molecule has 0 bridgehead atoms. The third kappa shape index (κ3) is 2.09. The van der Waals surface area contributed by atoms with E-state index in [2.05, 4.69) is 4.98 Å². The highest BCUT2D eigenvalue weighted by molar-refractivity contribution is 5.84. The highest BCUT2D eigenvalue weighted by Gasteiger charge is 2.35. The van der Waals surface area contributed by atoms with Gasteiger partial charge in [-0.15, -0.1) is 0 Å². The van der Waals surface area contributed by atoms with Crippen LogP contribution in [0.3, 0.4) is 0 Å². The van der Waals surface area contributed by atoms with Crippen molar-refractivity contribution >= 4 is 5.97 Å². The zero-order valence-corrected chi connectivity index (χ0v) is 8.74. The van der Waals surface area contributed by atoms with Crippen LogP contribution in [0.5, 0.6) is 0 Å². The van der Waals surface area contributed by atoms with E-state index in [0.29, 0.717) is 0 Å². The van der Waals surface area contributed by atoms with Gasteiger partial charge in [-0.3, -0.25) is 9.55 Å². The first-order valence-electron chi connectivity index (χ1n) is 5.01. The van der Waals surface area contributed by atoms with Crippen LogP contribution in [0.2, 0.25) is 0 Å². The summed E-state index contributed by atoms with van der Waals surface area (Å²) in [6.45, 7) is -0.359. The van der Waals surface area contributed by atoms with E-state index in [4.69, 9.17) is 14.9 Å². The molecule has 4 N–H and O–H groups in total. The summed E-state index contributed by atoms with van der Waals surface area (Å²) in [5.41, 5.74) is -0.876. The lowest BCUT2D eigenvalue weighted by atomic mass is 10.2. The number of aliphatic hydroxyl groups excluding tert-OH is 2. The maximum absolute atomic E-state index is 11.5. The van der Waals surface area contributed by atoms with Crippen molar-refractivity contribution in [1.29, 1.82) is 0 Å². The number of ether oxygens (including phenoxy) is 1. The number of nitrogens with one attached hydrogen (secondary N) is 1. The Labute approximate surface area is 95.1 Å². The van der Waals surface area contributed by atoms with Crippen LogP contribution in [0, 0.1) is 0 Å². The van der Waals surface area contributed by atoms with Gasteiger partial charge < -0.3 is 20.1 Å². The molecule has 1 saturated heterocycles. The van der Waals surface area contributed by atoms with Gasteiger partial charge in [0.1, 0.15) is 18.0 Å². The fraction of sp³-hybridized carbons (Fsp3) is 0.556. The number of imidazole rings is 1. The summed E-state index contributed by atoms with van der Waals surface area (Å²) in [7, 11) is 0. The molecule has 0 aromatic carbocycles. The summed E-state index contributed by atoms with van der Waals surface area (Å²) >= 11 is 0. The van der Waals surface area contributed by atoms with Gasteiger partial charge in [0.15, 0.2) is 0 Å². The van der Waals surface area contributed by atoms with Crippen LogP contribution < -0.4 is 5.69 Å². The van der Waals surface area contributed by atoms with Gasteiger partial charge >= 0.3 is 11.7 Å². The van der Waals surface area contributed by atoms with Gasteiger partial charge in [-0.05, 0) is 0 Å². The zero-order chi connectivity index (χ0) is 12.6. The van der Waals surface area contributed by atoms with E-state index < -0.39 is 30.1 Å². The third-order valence-corrected chi connectivity index (χ3v) is 2.67. The number of aromatic nitrogens is 2. The topological polar surface area (TPSA) is 125 Å². The Bertz CT molecular complexity index is 478. The van der Waals surface area contributed by atoms with E-state index in [1.54, 1.807) is 0 Å². The predicted octanol–water partition coefficient (Wildman–Crippen LogP) is -1.48. The monoisotopic (exact) mass is 244 g/mol. The first-order valence-corrected chi connectivity index (χ1v) is 5.01. The zero-order valence-electron chi connectivity index (χ0n) is 8.74. The Kier molecular flexibility index (Phi) is 3.01. The number of H-pyrrole nitrogens is 1. The van der Waals surface area contributed by atoms with Gasteiger partial charge in [-0.25, -0.2) is 9.59 Å². The smallest absolute Gasteiger partial charge is 0.353 e. The number of aliphatic hydroxyl groups is 2. The molecular weight excluding hydrogens is 232 g/mol. The highest BCUT2D eigenvalue weighted by Crippen LogP contribution is 2.27. The molecule has 1 aromatic heterocycles. The average Bonchev–Trinajstić information content (AvgIpc) is 2.81. The Morgan fingerprint density at radius 1 is 1.65 bits per heavy atom. The fourth-order valence-corrected chi connectivity index (χ4v) is 1.78. The van der Waals surface area contributed by atoms with Crippen LogP contribution in [0.15, 0.2) is 11.0 Å². The molecule has 0 amide bonds. The van der Waals surface area contributed by atoms with Gasteiger partial charge in [0.25, 0.3) is 0 Å². The van der Waals surface area contributed by atoms with Crippen molar-refractivity contribution in [3.63, 3.8) is 0 Å². The molecule has 1 aromatic rings. The summed E-state index contributed by atoms with van der Waals surface area (Å²) in [5.74, 6) is -1.25. The summed E-state index contributed by atoms with van der Waals surface area (Å²) in [4.78, 5) is 24.3. The SMILES string of the molecule is O=C(O)c1cn([C@@H]2C[C@H](O)[C@@H](CO)O2)c(=O)[nH]1. The van der Waals surface area contributed by atoms with Crippen molar-refractivity contribution in [2.24, 2.45) is 0 Å². The average molecular weight is 244 g/mol. The number of rotatable bonds is 3. The molecule has 2 rings (SSSR count). The molecule has 3 atom stereocenters. The fourth-order valence-electron chi connectivity index (χ4n) is 1.78. The van der Waals surface area contributed by atoms with Gasteiger partial charge in [0.05, 0.1) is 12.7 Å². The largest absolute Gasteiger partial charge is 0.477 e. The molecule has 1 aliphatic rings. The Balaban J connectivity index is 2.24. The van der Waals surface area contributed by atoms with Gasteiger partial charge in [0.2, 0.25) is 0 Å². The first-order chi connectivity index (χ1) is 8.02. The quantitative estimate of drug-likeness (QED) is 0.513. The molecule has 0 radical (unpaired) electrons. The van der Waals surface area contributed by atoms with Crippen LogP contribution >= 0.6 is 0 Å². The lowest BCUT2D eigenvalue weighted by molar-refractivity contribution is -0.0453. The van der Waals surface area contributed by atoms with Crippen LogP contribution in [-0.2, 0) is 4.74 Å². The summed E-state index contributed by atoms with van der Waals surface area (Å²) in [5, 5.41) is 27.1. The van der Waals surface area contributed by atoms with Crippen molar-refractivity contribution in [3.8, 4) is 0 Å². The number of aromatic amines is 1. The van der Waals surface area contributed by atoms with Gasteiger partial charge in [-0.1, -0.05) is 0 Å². The molecule has 1 fully saturated rings. The minimum atomic E-state index is -1.25. The molecule has 0 unspecified atom stereocenters. The molecule has 0 spiro atoms. The number of carboxylic acid groups (broad SMARTS) is 1. The lowest BCUT2D eigenvalue weighted by Crippen LogP contribution is -2.25. The van der Waals surface area contributed by atoms with E-state index >= 15 is 0 Å². The van der Waals surface area contributed by atoms with E-state index in [1.807, 2.05) is 0 Å². The summed E-state index contributed by atoms with van der Waals surface area (Å²) < 4.78 is 6.29. The van der Waals surface area contributed by atoms with Crippen molar-refractivity contribution < 1.29 is 24.9 Å². The Morgan fingerprint density at radius 3 is 2.82 bits per heavy atom. The molecule has 8 heteroatoms. The van der Waals surface area contributed by atoms with Crippen LogP contribution in [-0.4, -0.2) is 49.7 Å². The van der Waals surface area contributed by atoms with Crippen LogP contribution in [0.25, 0.3) is 0 Å². The molecule has 94 valence electrons. The van der Waals surface area contributed by atoms with E-state index in [9.17, 15) is 14.7 Å². The minimum Gasteiger partial charge on any atom is -0.477 e. The Morgan fingerprint density at radius 2 is 2.35 bits per heavy atom. The van der Waals surface area contributed by atoms with E-state index in [1.165, 1.54) is 0 Å². The number of carboxylic acids is 1. The maximum Gasteiger partial charge on any atom is 0.353 e. The van der Waals surface area contributed by atoms with Crippen LogP contribution in [0.1, 0.15) is 23.1 Å². The first kappa shape index (κ1) is 11.8. The molecule has 1 aliphatic heterocycles. The standard InChI is InChI=1S/C9H12N2O6/c12-3-6-5(13)1-7(17-6)11-2-4(8(14)15)10-9(11)16/h2,5-7,12-13H,1,3H2,(H,10,16)(H,14,15)/t5-,6+,7-/m0/s1. The van der Waals surface area contributed by atoms with Crippen molar-refractivity contribution in [2.75, 3.05) is 6.61 Å². The Hall–Kier alpha value is -1.64. The van der Waals surface area contributed by atoms with Crippen LogP contribution in [0.4, 0.5) is 0 Å². The van der Waals surface area contributed by atoms with E-state index in [0.717, 1.165) is 10.8 Å². The van der Waals surface area contributed by atoms with E-state index in [-0.39, 0.29) is 18.7 Å². The number of nitrogens with zero attached hydrogens (tertiary/aromatic N) is 1. The molecule has 2 heterocycles. The summed E-state index contributed by atoms with van der Waals surface area (Å²) in [6.07, 6.45) is -1.15. The summed E-state index contributed by atoms with van der Waals surface area (Å²) in [6, 6.07) is 0. The van der Waals surface area contributed by atoms with Gasteiger partial charge in [0, 0.05) is 12.6 Å². The maximum atomic E-state index is 11.5. The predicted molar refractivity (Wildman–Crippen MR) is 53.6 cm³/mol. The number of carbonyl (C=O) groups is 1. The number of hydrogen-bond donors (Lipinski definition) is 4. The normalized spacial score (nSPS) is 28.5. The molecule has 0 aliphatic carbocycles. The molecule has 8 nitrogen and oxygen atoms in total. The molecule has 0 saturated carbocycles. The number of aromatic carboxylic acids is 1. The molecule has 17 heavy (non-hydrogen) atoms. The number of hydrogen-bond acceptors (Lipinski definition) is 5. The van der Waals surface area contributed by atoms with Crippen molar-refractivity contribution in [2.45, 2.75) is 24.9 Å². The highest BCUT2D eigenvalue weighted by atomic mass is 16.5. The second-order valence-corrected chi connectivity index (χ2v) is 3.80. The van der Waals surface area contributed by atoms with Gasteiger partial charge in [-0.2, -0.15) is 0 Å². The minimum absolute atomic E-state index is 0.127. The lowest BCUT2D eigenvalue weighted by Gasteiger charge is -2.11.